The number of nitrogens with two attached hydrogens (primary N) is 1. The number of amides is 1. The van der Waals surface area contributed by atoms with Crippen LogP contribution in [0.5, 0.6) is 0 Å². The fourth-order valence-electron chi connectivity index (χ4n) is 4.41. The van der Waals surface area contributed by atoms with Crippen molar-refractivity contribution < 1.29 is 14.5 Å². The van der Waals surface area contributed by atoms with Crippen LogP contribution in [0.2, 0.25) is 0 Å². The van der Waals surface area contributed by atoms with Gasteiger partial charge in [0.1, 0.15) is 0 Å². The van der Waals surface area contributed by atoms with E-state index in [0.717, 1.165) is 52.0 Å². The van der Waals surface area contributed by atoms with Gasteiger partial charge in [0, 0.05) is 38.3 Å². The molecule has 1 aromatic rings. The molecule has 2 aliphatic heterocycles. The van der Waals surface area contributed by atoms with Crippen molar-refractivity contribution in [2.75, 3.05) is 37.6 Å². The number of hydrogen-bond acceptors (Lipinski definition) is 6. The van der Waals surface area contributed by atoms with Gasteiger partial charge in [0.2, 0.25) is 0 Å². The Bertz CT molecular complexity index is 708. The predicted octanol–water partition coefficient (Wildman–Crippen LogP) is 2.41. The summed E-state index contributed by atoms with van der Waals surface area (Å²) in [6, 6.07) is 4.37. The van der Waals surface area contributed by atoms with Crippen molar-refractivity contribution >= 4 is 17.3 Å². The van der Waals surface area contributed by atoms with Crippen molar-refractivity contribution in [1.82, 2.24) is 4.90 Å². The second-order valence-electron chi connectivity index (χ2n) is 8.06. The number of non-ortho nitro benzene ring substituents is 1. The van der Waals surface area contributed by atoms with Crippen LogP contribution in [-0.2, 0) is 4.74 Å². The molecule has 2 heterocycles. The summed E-state index contributed by atoms with van der Waals surface area (Å²) in [6.07, 6.45) is 3.84. The van der Waals surface area contributed by atoms with Gasteiger partial charge in [-0.1, -0.05) is 0 Å². The summed E-state index contributed by atoms with van der Waals surface area (Å²) in [5, 5.41) is 11.0. The van der Waals surface area contributed by atoms with E-state index < -0.39 is 10.8 Å². The molecular weight excluding hydrogens is 360 g/mol. The van der Waals surface area contributed by atoms with Crippen LogP contribution in [0.4, 0.5) is 11.4 Å². The number of anilines is 1. The quantitative estimate of drug-likeness (QED) is 0.591. The molecule has 0 aromatic heterocycles. The first-order valence-corrected chi connectivity index (χ1v) is 10.0. The van der Waals surface area contributed by atoms with Gasteiger partial charge >= 0.3 is 0 Å². The lowest BCUT2D eigenvalue weighted by molar-refractivity contribution is -0.384. The molecular formula is C20H30N4O4. The number of benzene rings is 1. The van der Waals surface area contributed by atoms with Crippen molar-refractivity contribution in [3.63, 3.8) is 0 Å². The second-order valence-corrected chi connectivity index (χ2v) is 8.06. The first-order valence-electron chi connectivity index (χ1n) is 10.0. The SMILES string of the molecule is CC1CN(CCC2CCN(c3ccc([N+](=O)[O-])cc3C(N)=O)CC2)CC(C)O1. The smallest absolute Gasteiger partial charge is 0.270 e. The summed E-state index contributed by atoms with van der Waals surface area (Å²) < 4.78 is 5.80. The molecule has 3 rings (SSSR count). The predicted molar refractivity (Wildman–Crippen MR) is 108 cm³/mol. The Labute approximate surface area is 165 Å². The Morgan fingerprint density at radius 2 is 1.89 bits per heavy atom. The van der Waals surface area contributed by atoms with E-state index >= 15 is 0 Å². The average molecular weight is 390 g/mol. The zero-order chi connectivity index (χ0) is 20.3. The van der Waals surface area contributed by atoms with Gasteiger partial charge in [0.05, 0.1) is 28.4 Å². The molecule has 0 radical (unpaired) electrons. The lowest BCUT2D eigenvalue weighted by Crippen LogP contribution is -2.46. The molecule has 0 spiro atoms. The molecule has 2 saturated heterocycles. The van der Waals surface area contributed by atoms with Crippen LogP contribution in [0.15, 0.2) is 18.2 Å². The third-order valence-corrected chi connectivity index (χ3v) is 5.76. The summed E-state index contributed by atoms with van der Waals surface area (Å²) in [4.78, 5) is 26.9. The number of nitrogens with zero attached hydrogens (tertiary/aromatic N) is 3. The summed E-state index contributed by atoms with van der Waals surface area (Å²) in [5.41, 5.74) is 6.28. The van der Waals surface area contributed by atoms with E-state index in [1.807, 2.05) is 0 Å². The molecule has 2 unspecified atom stereocenters. The molecule has 8 nitrogen and oxygen atoms in total. The monoisotopic (exact) mass is 390 g/mol. The normalized spacial score (nSPS) is 24.3. The minimum Gasteiger partial charge on any atom is -0.373 e. The van der Waals surface area contributed by atoms with Crippen LogP contribution in [-0.4, -0.2) is 60.7 Å². The fraction of sp³-hybridized carbons (Fsp3) is 0.650. The molecule has 2 aliphatic rings. The van der Waals surface area contributed by atoms with Crippen LogP contribution >= 0.6 is 0 Å². The Morgan fingerprint density at radius 1 is 1.25 bits per heavy atom. The van der Waals surface area contributed by atoms with Gasteiger partial charge in [0.25, 0.3) is 11.6 Å². The number of nitro benzene ring substituents is 1. The standard InChI is InChI=1S/C20H30N4O4/c1-14-12-22(13-15(2)28-14)8-5-16-6-9-23(10-7-16)19-4-3-17(24(26)27)11-18(19)20(21)25/h3-4,11,14-16H,5-10,12-13H2,1-2H3,(H2,21,25). The molecule has 0 bridgehead atoms. The molecule has 0 aliphatic carbocycles. The Hall–Kier alpha value is -2.19. The third kappa shape index (κ3) is 4.99. The van der Waals surface area contributed by atoms with Crippen LogP contribution < -0.4 is 10.6 Å². The van der Waals surface area contributed by atoms with Gasteiger partial charge in [-0.25, -0.2) is 0 Å². The van der Waals surface area contributed by atoms with E-state index in [0.29, 0.717) is 23.8 Å². The fourth-order valence-corrected chi connectivity index (χ4v) is 4.41. The lowest BCUT2D eigenvalue weighted by Gasteiger charge is -2.38. The van der Waals surface area contributed by atoms with Crippen LogP contribution in [0.25, 0.3) is 0 Å². The molecule has 2 N–H and O–H groups in total. The maximum Gasteiger partial charge on any atom is 0.270 e. The molecule has 28 heavy (non-hydrogen) atoms. The highest BCUT2D eigenvalue weighted by Crippen LogP contribution is 2.30. The molecule has 2 fully saturated rings. The number of morpholine rings is 1. The van der Waals surface area contributed by atoms with E-state index in [9.17, 15) is 14.9 Å². The number of ether oxygens (including phenoxy) is 1. The zero-order valence-electron chi connectivity index (χ0n) is 16.7. The number of nitro groups is 1. The van der Waals surface area contributed by atoms with E-state index in [4.69, 9.17) is 10.5 Å². The number of piperidine rings is 1. The van der Waals surface area contributed by atoms with Crippen LogP contribution in [0, 0.1) is 16.0 Å². The molecule has 1 amide bonds. The average Bonchev–Trinajstić information content (AvgIpc) is 2.65. The maximum atomic E-state index is 11.8. The molecule has 154 valence electrons. The topological polar surface area (TPSA) is 102 Å². The van der Waals surface area contributed by atoms with Gasteiger partial charge in [-0.3, -0.25) is 19.8 Å². The van der Waals surface area contributed by atoms with E-state index in [1.54, 1.807) is 6.07 Å². The number of carbonyl (C=O) groups excluding carboxylic acids is 1. The maximum absolute atomic E-state index is 11.8. The van der Waals surface area contributed by atoms with E-state index in [2.05, 4.69) is 23.6 Å². The number of primary amides is 1. The third-order valence-electron chi connectivity index (χ3n) is 5.76. The Balaban J connectivity index is 1.55. The highest BCUT2D eigenvalue weighted by molar-refractivity contribution is 5.99. The number of carbonyl (C=O) groups is 1. The van der Waals surface area contributed by atoms with Crippen molar-refractivity contribution in [3.8, 4) is 0 Å². The zero-order valence-corrected chi connectivity index (χ0v) is 16.7. The highest BCUT2D eigenvalue weighted by atomic mass is 16.6. The first kappa shape index (κ1) is 20.5. The van der Waals surface area contributed by atoms with Crippen molar-refractivity contribution in [1.29, 1.82) is 0 Å². The molecule has 0 saturated carbocycles. The first-order chi connectivity index (χ1) is 13.3. The summed E-state index contributed by atoms with van der Waals surface area (Å²) >= 11 is 0. The summed E-state index contributed by atoms with van der Waals surface area (Å²) in [5.74, 6) is 0.0242. The van der Waals surface area contributed by atoms with Gasteiger partial charge < -0.3 is 15.4 Å². The van der Waals surface area contributed by atoms with Gasteiger partial charge in [-0.2, -0.15) is 0 Å². The molecule has 2 atom stereocenters. The largest absolute Gasteiger partial charge is 0.373 e. The van der Waals surface area contributed by atoms with Gasteiger partial charge in [-0.05, 0) is 51.6 Å². The van der Waals surface area contributed by atoms with Crippen LogP contribution in [0.1, 0.15) is 43.5 Å². The Morgan fingerprint density at radius 3 is 2.46 bits per heavy atom. The number of rotatable bonds is 6. The van der Waals surface area contributed by atoms with Gasteiger partial charge in [-0.15, -0.1) is 0 Å². The molecule has 8 heteroatoms. The minimum absolute atomic E-state index is 0.110. The van der Waals surface area contributed by atoms with E-state index in [1.165, 1.54) is 12.1 Å². The molecule has 1 aromatic carbocycles. The van der Waals surface area contributed by atoms with Gasteiger partial charge in [0.15, 0.2) is 0 Å². The Kier molecular flexibility index (Phi) is 6.51. The summed E-state index contributed by atoms with van der Waals surface area (Å²) in [6.45, 7) is 9.00. The lowest BCUT2D eigenvalue weighted by atomic mass is 9.92. The number of hydrogen-bond donors (Lipinski definition) is 1. The van der Waals surface area contributed by atoms with Crippen molar-refractivity contribution in [2.24, 2.45) is 11.7 Å². The summed E-state index contributed by atoms with van der Waals surface area (Å²) in [7, 11) is 0. The minimum atomic E-state index is -0.628. The second kappa shape index (κ2) is 8.87. The van der Waals surface area contributed by atoms with Crippen molar-refractivity contribution in [3.05, 3.63) is 33.9 Å². The highest BCUT2D eigenvalue weighted by Gasteiger charge is 2.26. The van der Waals surface area contributed by atoms with Crippen molar-refractivity contribution in [2.45, 2.75) is 45.3 Å². The van der Waals surface area contributed by atoms with Crippen LogP contribution in [0.3, 0.4) is 0 Å². The van der Waals surface area contributed by atoms with E-state index in [-0.39, 0.29) is 11.3 Å².